The SMILES string of the molecule is CCC(C)(C)OC(=O)NC1CCC(C(=O)OC(C)(C)C2CC[NH2+]CC2)CC1. The van der Waals surface area contributed by atoms with Gasteiger partial charge in [-0.2, -0.15) is 0 Å². The van der Waals surface area contributed by atoms with Gasteiger partial charge in [-0.05, 0) is 59.8 Å². The van der Waals surface area contributed by atoms with Gasteiger partial charge < -0.3 is 20.1 Å². The molecule has 2 rings (SSSR count). The number of alkyl carbamates (subject to hydrolysis) is 1. The molecule has 0 atom stereocenters. The van der Waals surface area contributed by atoms with Gasteiger partial charge in [-0.25, -0.2) is 4.79 Å². The van der Waals surface area contributed by atoms with Crippen LogP contribution in [0.3, 0.4) is 0 Å². The fraction of sp³-hybridized carbons (Fsp3) is 0.905. The van der Waals surface area contributed by atoms with Crippen molar-refractivity contribution < 1.29 is 24.4 Å². The third-order valence-corrected chi connectivity index (χ3v) is 6.39. The van der Waals surface area contributed by atoms with Gasteiger partial charge in [-0.3, -0.25) is 4.79 Å². The third kappa shape index (κ3) is 6.66. The molecular weight excluding hydrogens is 344 g/mol. The van der Waals surface area contributed by atoms with Gasteiger partial charge in [0.2, 0.25) is 0 Å². The molecule has 27 heavy (non-hydrogen) atoms. The van der Waals surface area contributed by atoms with Crippen LogP contribution in [-0.2, 0) is 14.3 Å². The number of hydrogen-bond donors (Lipinski definition) is 2. The first kappa shape index (κ1) is 22.0. The lowest BCUT2D eigenvalue weighted by Crippen LogP contribution is -2.86. The molecule has 0 aromatic heterocycles. The Morgan fingerprint density at radius 2 is 1.56 bits per heavy atom. The van der Waals surface area contributed by atoms with E-state index in [1.165, 1.54) is 0 Å². The molecule has 1 amide bonds. The Balaban J connectivity index is 1.76. The van der Waals surface area contributed by atoms with Crippen LogP contribution >= 0.6 is 0 Å². The summed E-state index contributed by atoms with van der Waals surface area (Å²) in [4.78, 5) is 24.7. The molecule has 0 radical (unpaired) electrons. The molecule has 3 N–H and O–H groups in total. The number of esters is 1. The molecule has 1 saturated heterocycles. The minimum atomic E-state index is -0.451. The van der Waals surface area contributed by atoms with Crippen molar-refractivity contribution in [2.24, 2.45) is 11.8 Å². The number of rotatable bonds is 6. The molecule has 1 heterocycles. The predicted molar refractivity (Wildman–Crippen MR) is 104 cm³/mol. The first-order valence-electron chi connectivity index (χ1n) is 10.7. The summed E-state index contributed by atoms with van der Waals surface area (Å²) in [5.74, 6) is 0.324. The van der Waals surface area contributed by atoms with Gasteiger partial charge in [-0.1, -0.05) is 6.92 Å². The van der Waals surface area contributed by atoms with Gasteiger partial charge in [-0.15, -0.1) is 0 Å². The number of amides is 1. The van der Waals surface area contributed by atoms with E-state index >= 15 is 0 Å². The van der Waals surface area contributed by atoms with Crippen LogP contribution in [0.4, 0.5) is 4.79 Å². The Bertz CT molecular complexity index is 504. The van der Waals surface area contributed by atoms with E-state index in [-0.39, 0.29) is 24.0 Å². The zero-order valence-corrected chi connectivity index (χ0v) is 17.8. The van der Waals surface area contributed by atoms with Crippen LogP contribution in [0.1, 0.15) is 79.6 Å². The van der Waals surface area contributed by atoms with Gasteiger partial charge in [0.25, 0.3) is 0 Å². The highest BCUT2D eigenvalue weighted by molar-refractivity contribution is 5.73. The van der Waals surface area contributed by atoms with Gasteiger partial charge in [0.05, 0.1) is 19.0 Å². The highest BCUT2D eigenvalue weighted by Gasteiger charge is 2.38. The van der Waals surface area contributed by atoms with E-state index in [0.29, 0.717) is 5.92 Å². The topological polar surface area (TPSA) is 81.2 Å². The molecule has 1 aliphatic heterocycles. The Labute approximate surface area is 164 Å². The smallest absolute Gasteiger partial charge is 0.407 e. The van der Waals surface area contributed by atoms with E-state index < -0.39 is 11.2 Å². The standard InChI is InChI=1S/C21H38N2O4/c1-6-20(2,3)27-19(25)23-17-9-7-15(8-10-17)18(24)26-21(4,5)16-11-13-22-14-12-16/h15-17,22H,6-14H2,1-5H3,(H,23,25)/p+1. The molecule has 2 fully saturated rings. The lowest BCUT2D eigenvalue weighted by atomic mass is 9.82. The van der Waals surface area contributed by atoms with E-state index in [0.717, 1.165) is 58.0 Å². The highest BCUT2D eigenvalue weighted by atomic mass is 16.6. The fourth-order valence-corrected chi connectivity index (χ4v) is 4.04. The van der Waals surface area contributed by atoms with Crippen LogP contribution in [0.5, 0.6) is 0 Å². The van der Waals surface area contributed by atoms with Crippen LogP contribution in [0.2, 0.25) is 0 Å². The summed E-state index contributed by atoms with van der Waals surface area (Å²) in [6.45, 7) is 12.2. The van der Waals surface area contributed by atoms with E-state index in [2.05, 4.69) is 24.5 Å². The largest absolute Gasteiger partial charge is 0.459 e. The van der Waals surface area contributed by atoms with Gasteiger partial charge >= 0.3 is 12.1 Å². The Morgan fingerprint density at radius 3 is 2.11 bits per heavy atom. The monoisotopic (exact) mass is 383 g/mol. The van der Waals surface area contributed by atoms with Crippen molar-refractivity contribution in [1.82, 2.24) is 5.32 Å². The summed E-state index contributed by atoms with van der Waals surface area (Å²) >= 11 is 0. The lowest BCUT2D eigenvalue weighted by molar-refractivity contribution is -0.665. The van der Waals surface area contributed by atoms with Crippen LogP contribution in [0.25, 0.3) is 0 Å². The quantitative estimate of drug-likeness (QED) is 0.691. The second-order valence-corrected chi connectivity index (χ2v) is 9.36. The number of nitrogens with one attached hydrogen (secondary N) is 1. The second kappa shape index (κ2) is 9.26. The minimum absolute atomic E-state index is 0.0550. The van der Waals surface area contributed by atoms with Crippen LogP contribution < -0.4 is 10.6 Å². The molecule has 6 nitrogen and oxygen atoms in total. The van der Waals surface area contributed by atoms with Crippen molar-refractivity contribution in [3.8, 4) is 0 Å². The molecule has 0 bridgehead atoms. The zero-order valence-electron chi connectivity index (χ0n) is 17.8. The van der Waals surface area contributed by atoms with E-state index in [1.54, 1.807) is 0 Å². The Kier molecular flexibility index (Phi) is 7.55. The van der Waals surface area contributed by atoms with E-state index in [4.69, 9.17) is 9.47 Å². The molecular formula is C21H39N2O4+. The summed E-state index contributed by atoms with van der Waals surface area (Å²) in [5, 5.41) is 5.28. The van der Waals surface area contributed by atoms with Crippen molar-refractivity contribution in [1.29, 1.82) is 0 Å². The maximum Gasteiger partial charge on any atom is 0.407 e. The predicted octanol–water partition coefficient (Wildman–Crippen LogP) is 2.76. The zero-order chi connectivity index (χ0) is 20.1. The van der Waals surface area contributed by atoms with Crippen molar-refractivity contribution in [3.05, 3.63) is 0 Å². The van der Waals surface area contributed by atoms with Crippen LogP contribution in [0, 0.1) is 11.8 Å². The Hall–Kier alpha value is -1.30. The number of piperidine rings is 1. The van der Waals surface area contributed by atoms with E-state index in [1.807, 2.05) is 20.8 Å². The molecule has 2 aliphatic rings. The first-order valence-corrected chi connectivity index (χ1v) is 10.7. The van der Waals surface area contributed by atoms with E-state index in [9.17, 15) is 9.59 Å². The molecule has 0 unspecified atom stereocenters. The molecule has 1 aliphatic carbocycles. The fourth-order valence-electron chi connectivity index (χ4n) is 4.04. The van der Waals surface area contributed by atoms with Gasteiger partial charge in [0.1, 0.15) is 11.2 Å². The molecule has 0 spiro atoms. The number of carbonyl (C=O) groups excluding carboxylic acids is 2. The number of quaternary nitrogens is 1. The first-order chi connectivity index (χ1) is 12.6. The molecule has 1 saturated carbocycles. The van der Waals surface area contributed by atoms with Gasteiger partial charge in [0, 0.05) is 24.8 Å². The number of carbonyl (C=O) groups is 2. The van der Waals surface area contributed by atoms with Gasteiger partial charge in [0.15, 0.2) is 0 Å². The maximum atomic E-state index is 12.7. The third-order valence-electron chi connectivity index (χ3n) is 6.39. The normalized spacial score (nSPS) is 24.9. The van der Waals surface area contributed by atoms with Crippen LogP contribution in [-0.4, -0.2) is 42.4 Å². The van der Waals surface area contributed by atoms with Crippen molar-refractivity contribution in [2.45, 2.75) is 96.8 Å². The number of nitrogens with two attached hydrogens (primary N) is 1. The molecule has 0 aromatic rings. The van der Waals surface area contributed by atoms with Crippen molar-refractivity contribution >= 4 is 12.1 Å². The minimum Gasteiger partial charge on any atom is -0.459 e. The average molecular weight is 384 g/mol. The average Bonchev–Trinajstić information content (AvgIpc) is 2.62. The number of ether oxygens (including phenoxy) is 2. The summed E-state index contributed by atoms with van der Waals surface area (Å²) in [6, 6.07) is 0.0797. The molecule has 0 aromatic carbocycles. The highest BCUT2D eigenvalue weighted by Crippen LogP contribution is 2.32. The van der Waals surface area contributed by atoms with Crippen molar-refractivity contribution in [2.75, 3.05) is 13.1 Å². The lowest BCUT2D eigenvalue weighted by Gasteiger charge is -2.37. The number of hydrogen-bond acceptors (Lipinski definition) is 4. The second-order valence-electron chi connectivity index (χ2n) is 9.36. The summed E-state index contributed by atoms with van der Waals surface area (Å²) in [7, 11) is 0. The van der Waals surface area contributed by atoms with Crippen molar-refractivity contribution in [3.63, 3.8) is 0 Å². The van der Waals surface area contributed by atoms with Crippen LogP contribution in [0.15, 0.2) is 0 Å². The summed E-state index contributed by atoms with van der Waals surface area (Å²) in [6.07, 6.45) is 5.72. The molecule has 6 heteroatoms. The Morgan fingerprint density at radius 1 is 0.963 bits per heavy atom. The maximum absolute atomic E-state index is 12.7. The molecule has 156 valence electrons. The summed E-state index contributed by atoms with van der Waals surface area (Å²) < 4.78 is 11.4. The summed E-state index contributed by atoms with van der Waals surface area (Å²) in [5.41, 5.74) is -0.844.